The number of carboxylic acid groups (broad SMARTS) is 1. The minimum absolute atomic E-state index is 0.0294. The topological polar surface area (TPSA) is 86.7 Å². The van der Waals surface area contributed by atoms with Crippen LogP contribution in [-0.2, 0) is 9.59 Å². The summed E-state index contributed by atoms with van der Waals surface area (Å²) in [6, 6.07) is 12.1. The lowest BCUT2D eigenvalue weighted by Gasteiger charge is -2.28. The smallest absolute Gasteiger partial charge is 0.387 e. The number of amides is 2. The molecule has 0 atom stereocenters. The van der Waals surface area contributed by atoms with Crippen molar-refractivity contribution in [2.24, 2.45) is 0 Å². The quantitative estimate of drug-likeness (QED) is 0.560. The summed E-state index contributed by atoms with van der Waals surface area (Å²) in [5.74, 6) is -2.63. The molecule has 0 bridgehead atoms. The Bertz CT molecular complexity index is 953. The largest absolute Gasteiger partial charge is 0.550 e. The van der Waals surface area contributed by atoms with Crippen molar-refractivity contribution in [3.05, 3.63) is 65.2 Å². The molecular weight excluding hydrogens is 372 g/mol. The number of ether oxygens (including phenoxy) is 1. The monoisotopic (exact) mass is 386 g/mol. The van der Waals surface area contributed by atoms with E-state index in [-0.39, 0.29) is 23.4 Å². The zero-order chi connectivity index (χ0) is 20.3. The van der Waals surface area contributed by atoms with E-state index in [4.69, 9.17) is 0 Å². The first-order valence-electron chi connectivity index (χ1n) is 8.29. The summed E-state index contributed by atoms with van der Waals surface area (Å²) < 4.78 is 28.8. The van der Waals surface area contributed by atoms with Gasteiger partial charge in [-0.2, -0.15) is 8.78 Å². The summed E-state index contributed by atoms with van der Waals surface area (Å²) in [6.07, 6.45) is 1.03. The molecule has 0 aliphatic carbocycles. The molecule has 2 aromatic carbocycles. The van der Waals surface area contributed by atoms with Gasteiger partial charge in [0.1, 0.15) is 5.75 Å². The number of fused-ring (bicyclic) bond motifs is 1. The number of hydrogen-bond acceptors (Lipinski definition) is 5. The van der Waals surface area contributed by atoms with Gasteiger partial charge in [-0.05, 0) is 35.4 Å². The van der Waals surface area contributed by atoms with Gasteiger partial charge in [-0.1, -0.05) is 30.3 Å². The first-order valence-corrected chi connectivity index (χ1v) is 8.29. The lowest BCUT2D eigenvalue weighted by molar-refractivity contribution is -0.305. The van der Waals surface area contributed by atoms with E-state index >= 15 is 0 Å². The van der Waals surface area contributed by atoms with Gasteiger partial charge in [-0.3, -0.25) is 14.5 Å². The third-order valence-electron chi connectivity index (χ3n) is 4.12. The second-order valence-corrected chi connectivity index (χ2v) is 5.94. The fourth-order valence-corrected chi connectivity index (χ4v) is 2.86. The number of alkyl halides is 2. The highest BCUT2D eigenvalue weighted by Crippen LogP contribution is 2.30. The molecule has 0 spiro atoms. The molecule has 6 nitrogen and oxygen atoms in total. The van der Waals surface area contributed by atoms with Crippen molar-refractivity contribution < 1.29 is 33.0 Å². The maximum atomic E-state index is 12.8. The first-order chi connectivity index (χ1) is 13.4. The number of carbonyl (C=O) groups is 3. The molecule has 0 saturated carbocycles. The van der Waals surface area contributed by atoms with Crippen LogP contribution >= 0.6 is 0 Å². The van der Waals surface area contributed by atoms with Gasteiger partial charge >= 0.3 is 6.61 Å². The molecule has 0 unspecified atom stereocenters. The van der Waals surface area contributed by atoms with E-state index < -0.39 is 30.8 Å². The van der Waals surface area contributed by atoms with Gasteiger partial charge in [0.05, 0.1) is 0 Å². The molecule has 1 aliphatic rings. The molecule has 1 aliphatic heterocycles. The number of aliphatic carboxylic acids is 1. The molecule has 1 heterocycles. The Labute approximate surface area is 158 Å². The number of rotatable bonds is 6. The van der Waals surface area contributed by atoms with Crippen molar-refractivity contribution in [1.82, 2.24) is 4.90 Å². The number of halogens is 2. The number of nitrogens with zero attached hydrogens (tertiary/aromatic N) is 1. The lowest BCUT2D eigenvalue weighted by atomic mass is 9.92. The summed E-state index contributed by atoms with van der Waals surface area (Å²) in [5, 5.41) is 10.7. The fourth-order valence-electron chi connectivity index (χ4n) is 2.86. The molecule has 0 saturated heterocycles. The van der Waals surface area contributed by atoms with Crippen LogP contribution in [0.2, 0.25) is 0 Å². The molecule has 8 heteroatoms. The Morgan fingerprint density at radius 1 is 1.04 bits per heavy atom. The third kappa shape index (κ3) is 4.06. The highest BCUT2D eigenvalue weighted by Gasteiger charge is 2.34. The maximum Gasteiger partial charge on any atom is 0.387 e. The summed E-state index contributed by atoms with van der Waals surface area (Å²) in [7, 11) is 0. The number of benzene rings is 2. The van der Waals surface area contributed by atoms with Crippen LogP contribution in [0.1, 0.15) is 27.9 Å². The van der Waals surface area contributed by atoms with Gasteiger partial charge in [-0.15, -0.1) is 0 Å². The van der Waals surface area contributed by atoms with Gasteiger partial charge in [0.15, 0.2) is 0 Å². The van der Waals surface area contributed by atoms with Crippen LogP contribution in [0.5, 0.6) is 5.75 Å². The second kappa shape index (κ2) is 7.99. The Kier molecular flexibility index (Phi) is 5.49. The van der Waals surface area contributed by atoms with E-state index in [1.165, 1.54) is 30.3 Å². The van der Waals surface area contributed by atoms with Gasteiger partial charge < -0.3 is 14.6 Å². The number of carbonyl (C=O) groups excluding carboxylic acids is 3. The summed E-state index contributed by atoms with van der Waals surface area (Å²) in [4.78, 5) is 37.0. The standard InChI is InChI=1S/C20H15F2NO5/c21-20(22)28-13-7-5-12(6-8-13)11-16-14-3-1-2-4-15(14)18(26)23(19(16)27)10-9-17(24)25/h1-8,11,20H,9-10H2,(H,24,25)/p-1/b16-11-. The fraction of sp³-hybridized carbons (Fsp3) is 0.150. The molecule has 144 valence electrons. The van der Waals surface area contributed by atoms with Crippen molar-refractivity contribution in [3.63, 3.8) is 0 Å². The molecule has 3 rings (SSSR count). The highest BCUT2D eigenvalue weighted by molar-refractivity contribution is 6.33. The van der Waals surface area contributed by atoms with Crippen LogP contribution in [0.3, 0.4) is 0 Å². The van der Waals surface area contributed by atoms with Crippen molar-refractivity contribution in [3.8, 4) is 5.75 Å². The average Bonchev–Trinajstić information content (AvgIpc) is 2.66. The molecule has 28 heavy (non-hydrogen) atoms. The normalized spacial score (nSPS) is 15.1. The van der Waals surface area contributed by atoms with Crippen molar-refractivity contribution in [2.75, 3.05) is 6.54 Å². The number of imide groups is 1. The van der Waals surface area contributed by atoms with E-state index in [0.29, 0.717) is 11.1 Å². The predicted molar refractivity (Wildman–Crippen MR) is 93.1 cm³/mol. The molecule has 0 N–H and O–H groups in total. The van der Waals surface area contributed by atoms with E-state index in [0.717, 1.165) is 4.90 Å². The van der Waals surface area contributed by atoms with E-state index in [1.54, 1.807) is 24.3 Å². The molecular formula is C20H14F2NO5-. The predicted octanol–water partition coefficient (Wildman–Crippen LogP) is 1.95. The molecule has 0 radical (unpaired) electrons. The van der Waals surface area contributed by atoms with Crippen LogP contribution in [0.15, 0.2) is 48.5 Å². The van der Waals surface area contributed by atoms with Crippen molar-refractivity contribution in [1.29, 1.82) is 0 Å². The minimum Gasteiger partial charge on any atom is -0.550 e. The van der Waals surface area contributed by atoms with Gasteiger partial charge in [-0.25, -0.2) is 0 Å². The Balaban J connectivity index is 1.99. The third-order valence-corrected chi connectivity index (χ3v) is 4.12. The van der Waals surface area contributed by atoms with E-state index in [1.807, 2.05) is 0 Å². The molecule has 0 fully saturated rings. The lowest BCUT2D eigenvalue weighted by Crippen LogP contribution is -2.43. The number of carboxylic acids is 1. The van der Waals surface area contributed by atoms with Crippen LogP contribution in [-0.4, -0.2) is 35.8 Å². The van der Waals surface area contributed by atoms with E-state index in [2.05, 4.69) is 4.74 Å². The highest BCUT2D eigenvalue weighted by atomic mass is 19.3. The SMILES string of the molecule is O=C([O-])CCN1C(=O)/C(=C\c2ccc(OC(F)F)cc2)c2ccccc2C1=O. The zero-order valence-corrected chi connectivity index (χ0v) is 14.4. The molecule has 0 aromatic heterocycles. The maximum absolute atomic E-state index is 12.8. The first kappa shape index (κ1) is 19.2. The second-order valence-electron chi connectivity index (χ2n) is 5.94. The van der Waals surface area contributed by atoms with Crippen molar-refractivity contribution >= 4 is 29.4 Å². The number of hydrogen-bond donors (Lipinski definition) is 0. The van der Waals surface area contributed by atoms with Gasteiger partial charge in [0, 0.05) is 30.1 Å². The van der Waals surface area contributed by atoms with Crippen LogP contribution in [0, 0.1) is 0 Å². The molecule has 2 aromatic rings. The van der Waals surface area contributed by atoms with Crippen molar-refractivity contribution in [2.45, 2.75) is 13.0 Å². The van der Waals surface area contributed by atoms with Crippen LogP contribution in [0.25, 0.3) is 11.6 Å². The van der Waals surface area contributed by atoms with Gasteiger partial charge in [0.2, 0.25) is 0 Å². The summed E-state index contributed by atoms with van der Waals surface area (Å²) in [6.45, 7) is -3.26. The Hall–Kier alpha value is -3.55. The molecule has 2 amide bonds. The Morgan fingerprint density at radius 2 is 1.68 bits per heavy atom. The van der Waals surface area contributed by atoms with E-state index in [9.17, 15) is 28.3 Å². The summed E-state index contributed by atoms with van der Waals surface area (Å²) >= 11 is 0. The van der Waals surface area contributed by atoms with Gasteiger partial charge in [0.25, 0.3) is 11.8 Å². The van der Waals surface area contributed by atoms with Crippen LogP contribution in [0.4, 0.5) is 8.78 Å². The Morgan fingerprint density at radius 3 is 2.29 bits per heavy atom. The average molecular weight is 386 g/mol. The van der Waals surface area contributed by atoms with Crippen LogP contribution < -0.4 is 9.84 Å². The minimum atomic E-state index is -2.95. The zero-order valence-electron chi connectivity index (χ0n) is 14.4. The summed E-state index contributed by atoms with van der Waals surface area (Å²) in [5.41, 5.74) is 1.39.